The van der Waals surface area contributed by atoms with Crippen molar-refractivity contribution in [1.29, 1.82) is 0 Å². The van der Waals surface area contributed by atoms with Gasteiger partial charge in [0.2, 0.25) is 5.91 Å². The highest BCUT2D eigenvalue weighted by molar-refractivity contribution is 5.83. The van der Waals surface area contributed by atoms with Gasteiger partial charge in [-0.1, -0.05) is 6.92 Å². The lowest BCUT2D eigenvalue weighted by atomic mass is 10.1. The van der Waals surface area contributed by atoms with Crippen molar-refractivity contribution in [3.8, 4) is 0 Å². The molecule has 0 bridgehead atoms. The molecular weight excluding hydrogens is 180 g/mol. The van der Waals surface area contributed by atoms with E-state index in [0.29, 0.717) is 0 Å². The van der Waals surface area contributed by atoms with Gasteiger partial charge in [0.15, 0.2) is 0 Å². The average molecular weight is 200 g/mol. The number of carbonyl (C=O) groups excluding carboxylic acids is 1. The largest absolute Gasteiger partial charge is 0.394 e. The second kappa shape index (κ2) is 4.75. The molecular formula is C10H20N2O2. The summed E-state index contributed by atoms with van der Waals surface area (Å²) in [6, 6.07) is -0.0528. The molecule has 1 amide bonds. The molecule has 4 heteroatoms. The maximum Gasteiger partial charge on any atom is 0.242 e. The fourth-order valence-corrected chi connectivity index (χ4v) is 1.79. The van der Waals surface area contributed by atoms with Crippen LogP contribution in [0.4, 0.5) is 0 Å². The van der Waals surface area contributed by atoms with Gasteiger partial charge in [0.1, 0.15) is 6.04 Å². The summed E-state index contributed by atoms with van der Waals surface area (Å²) in [5, 5.41) is 9.11. The first kappa shape index (κ1) is 11.5. The van der Waals surface area contributed by atoms with Crippen molar-refractivity contribution in [3.05, 3.63) is 0 Å². The Bertz CT molecular complexity index is 208. The van der Waals surface area contributed by atoms with Gasteiger partial charge in [0.05, 0.1) is 6.61 Å². The van der Waals surface area contributed by atoms with Crippen molar-refractivity contribution in [2.24, 2.45) is 0 Å². The number of hydrogen-bond acceptors (Lipinski definition) is 3. The summed E-state index contributed by atoms with van der Waals surface area (Å²) in [5.74, 6) is 0.0654. The highest BCUT2D eigenvalue weighted by atomic mass is 16.3. The van der Waals surface area contributed by atoms with Crippen LogP contribution in [0.5, 0.6) is 0 Å². The zero-order valence-electron chi connectivity index (χ0n) is 9.23. The molecule has 1 saturated heterocycles. The summed E-state index contributed by atoms with van der Waals surface area (Å²) >= 11 is 0. The molecule has 0 aromatic carbocycles. The van der Waals surface area contributed by atoms with E-state index < -0.39 is 0 Å². The van der Waals surface area contributed by atoms with E-state index in [1.165, 1.54) is 0 Å². The molecule has 1 heterocycles. The Kier molecular flexibility index (Phi) is 3.89. The van der Waals surface area contributed by atoms with Gasteiger partial charge in [-0.05, 0) is 20.4 Å². The minimum Gasteiger partial charge on any atom is -0.394 e. The van der Waals surface area contributed by atoms with E-state index in [1.54, 1.807) is 0 Å². The number of aliphatic hydroxyl groups excluding tert-OH is 1. The Morgan fingerprint density at radius 1 is 1.57 bits per heavy atom. The monoisotopic (exact) mass is 200 g/mol. The molecule has 0 spiro atoms. The normalized spacial score (nSPS) is 26.7. The summed E-state index contributed by atoms with van der Waals surface area (Å²) in [7, 11) is 1.88. The average Bonchev–Trinajstić information content (AvgIpc) is 2.18. The molecule has 2 atom stereocenters. The van der Waals surface area contributed by atoms with Crippen LogP contribution in [0.15, 0.2) is 0 Å². The number of carbonyl (C=O) groups is 1. The zero-order valence-corrected chi connectivity index (χ0v) is 9.23. The van der Waals surface area contributed by atoms with Gasteiger partial charge in [-0.15, -0.1) is 0 Å². The van der Waals surface area contributed by atoms with Gasteiger partial charge in [-0.25, -0.2) is 0 Å². The molecule has 4 nitrogen and oxygen atoms in total. The molecule has 1 rings (SSSR count). The van der Waals surface area contributed by atoms with Crippen LogP contribution in [0.2, 0.25) is 0 Å². The van der Waals surface area contributed by atoms with E-state index in [2.05, 4.69) is 13.8 Å². The van der Waals surface area contributed by atoms with Crippen LogP contribution in [0.1, 0.15) is 20.3 Å². The summed E-state index contributed by atoms with van der Waals surface area (Å²) < 4.78 is 0. The highest BCUT2D eigenvalue weighted by Crippen LogP contribution is 2.13. The van der Waals surface area contributed by atoms with Crippen molar-refractivity contribution in [1.82, 2.24) is 9.80 Å². The lowest BCUT2D eigenvalue weighted by molar-refractivity contribution is -0.145. The fourth-order valence-electron chi connectivity index (χ4n) is 1.79. The number of hydrogen-bond donors (Lipinski definition) is 1. The number of likely N-dealkylation sites (N-methyl/N-ethyl adjacent to an activating group) is 1. The van der Waals surface area contributed by atoms with E-state index in [0.717, 1.165) is 19.5 Å². The van der Waals surface area contributed by atoms with Gasteiger partial charge in [0.25, 0.3) is 0 Å². The molecule has 0 saturated carbocycles. The molecule has 0 aliphatic carbocycles. The third kappa shape index (κ3) is 2.07. The third-order valence-electron chi connectivity index (χ3n) is 3.09. The van der Waals surface area contributed by atoms with E-state index in [1.807, 2.05) is 16.8 Å². The van der Waals surface area contributed by atoms with Crippen LogP contribution in [0.25, 0.3) is 0 Å². The molecule has 82 valence electrons. The SMILES string of the molecule is CCC(C)N1CCN(C)C(CO)C1=O. The molecule has 0 radical (unpaired) electrons. The summed E-state index contributed by atoms with van der Waals surface area (Å²) in [6.07, 6.45) is 0.966. The number of rotatable bonds is 3. The Labute approximate surface area is 85.5 Å². The maximum absolute atomic E-state index is 11.9. The van der Waals surface area contributed by atoms with Crippen molar-refractivity contribution in [2.75, 3.05) is 26.7 Å². The molecule has 1 N–H and O–H groups in total. The van der Waals surface area contributed by atoms with E-state index in [-0.39, 0.29) is 24.6 Å². The van der Waals surface area contributed by atoms with Crippen molar-refractivity contribution < 1.29 is 9.90 Å². The fraction of sp³-hybridized carbons (Fsp3) is 0.900. The Morgan fingerprint density at radius 2 is 2.21 bits per heavy atom. The summed E-state index contributed by atoms with van der Waals surface area (Å²) in [5.41, 5.74) is 0. The van der Waals surface area contributed by atoms with Crippen molar-refractivity contribution in [3.63, 3.8) is 0 Å². The Morgan fingerprint density at radius 3 is 2.71 bits per heavy atom. The molecule has 2 unspecified atom stereocenters. The van der Waals surface area contributed by atoms with Crippen molar-refractivity contribution >= 4 is 5.91 Å². The molecule has 0 aromatic rings. The molecule has 1 fully saturated rings. The lowest BCUT2D eigenvalue weighted by Crippen LogP contribution is -2.59. The zero-order chi connectivity index (χ0) is 10.7. The predicted molar refractivity (Wildman–Crippen MR) is 55.0 cm³/mol. The molecule has 14 heavy (non-hydrogen) atoms. The number of amides is 1. The minimum absolute atomic E-state index is 0.0654. The molecule has 0 aromatic heterocycles. The summed E-state index contributed by atoms with van der Waals surface area (Å²) in [6.45, 7) is 5.67. The number of aliphatic hydroxyl groups is 1. The van der Waals surface area contributed by atoms with E-state index >= 15 is 0 Å². The second-order valence-corrected chi connectivity index (χ2v) is 3.97. The first-order valence-electron chi connectivity index (χ1n) is 5.23. The number of nitrogens with zero attached hydrogens (tertiary/aromatic N) is 2. The molecule has 1 aliphatic rings. The molecule has 1 aliphatic heterocycles. The smallest absolute Gasteiger partial charge is 0.242 e. The third-order valence-corrected chi connectivity index (χ3v) is 3.09. The van der Waals surface area contributed by atoms with Gasteiger partial charge in [-0.3, -0.25) is 9.69 Å². The standard InChI is InChI=1S/C10H20N2O2/c1-4-8(2)12-6-5-11(3)9(7-13)10(12)14/h8-9,13H,4-7H2,1-3H3. The number of piperazine rings is 1. The van der Waals surface area contributed by atoms with Crippen LogP contribution < -0.4 is 0 Å². The van der Waals surface area contributed by atoms with E-state index in [9.17, 15) is 4.79 Å². The Hall–Kier alpha value is -0.610. The van der Waals surface area contributed by atoms with E-state index in [4.69, 9.17) is 5.11 Å². The lowest BCUT2D eigenvalue weighted by Gasteiger charge is -2.40. The van der Waals surface area contributed by atoms with Crippen molar-refractivity contribution in [2.45, 2.75) is 32.4 Å². The first-order valence-corrected chi connectivity index (χ1v) is 5.23. The van der Waals surface area contributed by atoms with Crippen LogP contribution in [0, 0.1) is 0 Å². The van der Waals surface area contributed by atoms with Crippen LogP contribution in [-0.2, 0) is 4.79 Å². The van der Waals surface area contributed by atoms with Crippen LogP contribution >= 0.6 is 0 Å². The second-order valence-electron chi connectivity index (χ2n) is 3.97. The predicted octanol–water partition coefficient (Wildman–Crippen LogP) is -0.0802. The van der Waals surface area contributed by atoms with Gasteiger partial charge in [-0.2, -0.15) is 0 Å². The van der Waals surface area contributed by atoms with Gasteiger partial charge < -0.3 is 10.0 Å². The van der Waals surface area contributed by atoms with Crippen LogP contribution in [0.3, 0.4) is 0 Å². The van der Waals surface area contributed by atoms with Gasteiger partial charge >= 0.3 is 0 Å². The quantitative estimate of drug-likeness (QED) is 0.693. The van der Waals surface area contributed by atoms with Gasteiger partial charge in [0, 0.05) is 19.1 Å². The Balaban J connectivity index is 2.68. The highest BCUT2D eigenvalue weighted by Gasteiger charge is 2.33. The minimum atomic E-state index is -0.335. The first-order chi connectivity index (χ1) is 6.61. The topological polar surface area (TPSA) is 43.8 Å². The van der Waals surface area contributed by atoms with Crippen LogP contribution in [-0.4, -0.2) is 59.6 Å². The summed E-state index contributed by atoms with van der Waals surface area (Å²) in [4.78, 5) is 15.7. The maximum atomic E-state index is 11.9.